The first kappa shape index (κ1) is 89.2. The number of nitrogens with zero attached hydrogens (tertiary/aromatic N) is 2. The van der Waals surface area contributed by atoms with E-state index in [4.69, 9.17) is 23.9 Å². The molecule has 12 heteroatoms. The standard InChI is InChI=1S/C60H111NO7.C22H43NO3/c1-4-7-10-13-16-19-22-25-28-31-34-37-40-43-46-49-55(62)58(64)67-53-60(52-66-57(61-60)51-48-45-42-39-36-33-30-27-24-21-18-15-12-9-6-3)54-68-59(65)56(63)50-47-44-41-38-35-32-29-26-23-20-17-14-11-8-5-2;1-2-3-4-5-6-7-8-9-10-11-12-13-14-15-16-17-21-23-22(18-24,19-25)20-26-21/h4-54H2,1-3H3;24-25H,2-20H2,1H3. The summed E-state index contributed by atoms with van der Waals surface area (Å²) in [7, 11) is 0. The number of carbonyl (C=O) groups is 4. The number of aliphatic imine (C=N–C) groups is 2. The third kappa shape index (κ3) is 54.1. The molecular weight excluding hydrogens is 1170 g/mol. The average molecular weight is 1330 g/mol. The maximum atomic E-state index is 12.9. The van der Waals surface area contributed by atoms with Crippen LogP contribution in [0.3, 0.4) is 0 Å². The zero-order chi connectivity index (χ0) is 68.2. The van der Waals surface area contributed by atoms with Crippen LogP contribution >= 0.6 is 0 Å². The topological polar surface area (TPSA) is 170 Å². The molecule has 0 aromatic carbocycles. The normalized spacial score (nSPS) is 13.9. The molecule has 0 atom stereocenters. The Balaban J connectivity index is 0.00000141. The number of rotatable bonds is 72. The first-order valence-electron chi connectivity index (χ1n) is 41.2. The van der Waals surface area contributed by atoms with Crippen molar-refractivity contribution in [1.82, 2.24) is 0 Å². The fourth-order valence-corrected chi connectivity index (χ4v) is 13.1. The number of esters is 2. The minimum absolute atomic E-state index is 0.0715. The Morgan fingerprint density at radius 1 is 0.298 bits per heavy atom. The Kier molecular flexibility index (Phi) is 63.9. The molecule has 552 valence electrons. The smallest absolute Gasteiger partial charge is 0.374 e. The highest BCUT2D eigenvalue weighted by molar-refractivity contribution is 6.34. The minimum Gasteiger partial charge on any atom is -0.478 e. The van der Waals surface area contributed by atoms with Crippen LogP contribution in [0.25, 0.3) is 0 Å². The largest absolute Gasteiger partial charge is 0.478 e. The highest BCUT2D eigenvalue weighted by Crippen LogP contribution is 2.26. The lowest BCUT2D eigenvalue weighted by Gasteiger charge is -2.23. The molecule has 12 nitrogen and oxygen atoms in total. The molecule has 0 fully saturated rings. The number of unbranched alkanes of at least 4 members (excludes halogenated alkanes) is 56. The molecule has 2 N–H and O–H groups in total. The molecule has 94 heavy (non-hydrogen) atoms. The number of aliphatic hydroxyl groups is 2. The van der Waals surface area contributed by atoms with Crippen LogP contribution in [0.5, 0.6) is 0 Å². The van der Waals surface area contributed by atoms with Gasteiger partial charge in [-0.05, 0) is 25.7 Å². The first-order valence-corrected chi connectivity index (χ1v) is 41.2. The monoisotopic (exact) mass is 1330 g/mol. The Bertz CT molecular complexity index is 1720. The summed E-state index contributed by atoms with van der Waals surface area (Å²) in [5, 5.41) is 18.6. The van der Waals surface area contributed by atoms with Crippen molar-refractivity contribution in [3.8, 4) is 0 Å². The van der Waals surface area contributed by atoms with Gasteiger partial charge in [-0.2, -0.15) is 0 Å². The first-order chi connectivity index (χ1) is 46.1. The number of ether oxygens (including phenoxy) is 4. The SMILES string of the molecule is CCCCCCCCCCCCCCCCCC(=O)C(=O)OCC1(COC(=O)C(=O)CCCCCCCCCCCCCCCCC)COC(CCCCCCCCCCCCCCCCC)=N1.CCCCCCCCCCCCCCCCCC1=NC(CO)(CO)CO1. The van der Waals surface area contributed by atoms with E-state index in [9.17, 15) is 29.4 Å². The maximum absolute atomic E-state index is 12.9. The molecule has 0 unspecified atom stereocenters. The van der Waals surface area contributed by atoms with Gasteiger partial charge in [-0.15, -0.1) is 0 Å². The molecule has 2 aliphatic heterocycles. The van der Waals surface area contributed by atoms with Gasteiger partial charge in [0.05, 0.1) is 13.2 Å². The summed E-state index contributed by atoms with van der Waals surface area (Å²) in [5.74, 6) is -1.56. The van der Waals surface area contributed by atoms with Crippen LogP contribution in [-0.4, -0.2) is 96.2 Å². The zero-order valence-electron chi connectivity index (χ0n) is 62.6. The van der Waals surface area contributed by atoms with E-state index in [0.29, 0.717) is 37.7 Å². The molecule has 0 amide bonds. The van der Waals surface area contributed by atoms with Crippen LogP contribution in [0.1, 0.15) is 439 Å². The van der Waals surface area contributed by atoms with Crippen molar-refractivity contribution in [2.24, 2.45) is 9.98 Å². The number of ketones is 2. The summed E-state index contributed by atoms with van der Waals surface area (Å²) >= 11 is 0. The minimum atomic E-state index is -1.17. The second-order valence-corrected chi connectivity index (χ2v) is 29.2. The van der Waals surface area contributed by atoms with Gasteiger partial charge in [-0.1, -0.05) is 387 Å². The second-order valence-electron chi connectivity index (χ2n) is 29.2. The van der Waals surface area contributed by atoms with Crippen LogP contribution in [0.4, 0.5) is 0 Å². The summed E-state index contributed by atoms with van der Waals surface area (Å²) in [4.78, 5) is 60.5. The van der Waals surface area contributed by atoms with Gasteiger partial charge in [-0.25, -0.2) is 19.6 Å². The van der Waals surface area contributed by atoms with Gasteiger partial charge >= 0.3 is 11.9 Å². The highest BCUT2D eigenvalue weighted by Gasteiger charge is 2.41. The third-order valence-corrected chi connectivity index (χ3v) is 19.7. The molecule has 0 saturated carbocycles. The van der Waals surface area contributed by atoms with E-state index in [1.165, 1.54) is 327 Å². The Labute approximate surface area is 580 Å². The Hall–Kier alpha value is -2.86. The Morgan fingerprint density at radius 2 is 0.489 bits per heavy atom. The van der Waals surface area contributed by atoms with E-state index in [-0.39, 0.29) is 45.9 Å². The second kappa shape index (κ2) is 67.3. The molecule has 0 spiro atoms. The van der Waals surface area contributed by atoms with Gasteiger partial charge in [0.25, 0.3) is 0 Å². The molecule has 0 aliphatic carbocycles. The van der Waals surface area contributed by atoms with Crippen LogP contribution < -0.4 is 0 Å². The van der Waals surface area contributed by atoms with Crippen molar-refractivity contribution in [2.75, 3.05) is 39.6 Å². The lowest BCUT2D eigenvalue weighted by molar-refractivity contribution is -0.159. The summed E-state index contributed by atoms with van der Waals surface area (Å²) in [6.45, 7) is 8.70. The molecule has 0 aromatic rings. The average Bonchev–Trinajstić information content (AvgIpc) is 1.72. The summed E-state index contributed by atoms with van der Waals surface area (Å²) in [6.07, 6.45) is 78.7. The maximum Gasteiger partial charge on any atom is 0.374 e. The van der Waals surface area contributed by atoms with E-state index in [1.54, 1.807) is 0 Å². The summed E-state index contributed by atoms with van der Waals surface area (Å²) in [6, 6.07) is 0. The lowest BCUT2D eigenvalue weighted by atomic mass is 10.0. The van der Waals surface area contributed by atoms with E-state index in [1.807, 2.05) is 0 Å². The van der Waals surface area contributed by atoms with Gasteiger partial charge in [0.15, 0.2) is 17.3 Å². The molecule has 0 aromatic heterocycles. The van der Waals surface area contributed by atoms with Crippen molar-refractivity contribution >= 4 is 35.3 Å². The number of hydrogen-bond acceptors (Lipinski definition) is 12. The third-order valence-electron chi connectivity index (χ3n) is 19.7. The lowest BCUT2D eigenvalue weighted by Crippen LogP contribution is -2.42. The number of Topliss-reactive ketones (excluding diaryl/α,β-unsaturated/α-hetero) is 2. The molecule has 0 radical (unpaired) electrons. The van der Waals surface area contributed by atoms with Crippen molar-refractivity contribution in [2.45, 2.75) is 450 Å². The quantitative estimate of drug-likeness (QED) is 0.0339. The van der Waals surface area contributed by atoms with Gasteiger partial charge in [0.1, 0.15) is 32.0 Å². The fraction of sp³-hybridized carbons (Fsp3) is 0.927. The van der Waals surface area contributed by atoms with Gasteiger partial charge in [0.2, 0.25) is 11.6 Å². The van der Waals surface area contributed by atoms with Crippen LogP contribution in [-0.2, 0) is 38.1 Å². The molecule has 2 aliphatic rings. The van der Waals surface area contributed by atoms with Crippen LogP contribution in [0, 0.1) is 0 Å². The summed E-state index contributed by atoms with van der Waals surface area (Å²) in [5.41, 5.74) is -1.95. The predicted octanol–water partition coefficient (Wildman–Crippen LogP) is 23.6. The van der Waals surface area contributed by atoms with Crippen molar-refractivity contribution in [3.63, 3.8) is 0 Å². The predicted molar refractivity (Wildman–Crippen MR) is 397 cm³/mol. The number of aliphatic hydroxyl groups excluding tert-OH is 2. The van der Waals surface area contributed by atoms with Gasteiger partial charge < -0.3 is 29.2 Å². The van der Waals surface area contributed by atoms with E-state index in [2.05, 4.69) is 32.7 Å². The molecule has 2 rings (SSSR count). The highest BCUT2D eigenvalue weighted by atomic mass is 16.6. The molecule has 0 bridgehead atoms. The van der Waals surface area contributed by atoms with Crippen LogP contribution in [0.15, 0.2) is 9.98 Å². The van der Waals surface area contributed by atoms with Crippen molar-refractivity contribution in [1.29, 1.82) is 0 Å². The van der Waals surface area contributed by atoms with E-state index < -0.39 is 34.6 Å². The molecular formula is C82H154N2O10. The van der Waals surface area contributed by atoms with E-state index in [0.717, 1.165) is 51.4 Å². The molecule has 2 heterocycles. The zero-order valence-corrected chi connectivity index (χ0v) is 62.6. The van der Waals surface area contributed by atoms with Gasteiger partial charge in [-0.3, -0.25) is 9.59 Å². The molecule has 0 saturated heterocycles. The van der Waals surface area contributed by atoms with Crippen molar-refractivity contribution < 1.29 is 48.3 Å². The van der Waals surface area contributed by atoms with Crippen LogP contribution in [0.2, 0.25) is 0 Å². The number of hydrogen-bond donors (Lipinski definition) is 2. The van der Waals surface area contributed by atoms with Crippen molar-refractivity contribution in [3.05, 3.63) is 0 Å². The van der Waals surface area contributed by atoms with E-state index >= 15 is 0 Å². The Morgan fingerprint density at radius 3 is 0.702 bits per heavy atom. The summed E-state index contributed by atoms with van der Waals surface area (Å²) < 4.78 is 22.6. The number of carbonyl (C=O) groups excluding carboxylic acids is 4. The van der Waals surface area contributed by atoms with Gasteiger partial charge in [0, 0.05) is 25.7 Å². The fourth-order valence-electron chi connectivity index (χ4n) is 13.1.